The molecule has 0 atom stereocenters. The van der Waals surface area contributed by atoms with Crippen molar-refractivity contribution in [1.29, 1.82) is 0 Å². The molecule has 0 aliphatic rings. The first-order valence-electron chi connectivity index (χ1n) is 4.30. The van der Waals surface area contributed by atoms with Crippen LogP contribution in [0.2, 0.25) is 0 Å². The lowest BCUT2D eigenvalue weighted by atomic mass is 10.2. The summed E-state index contributed by atoms with van der Waals surface area (Å²) in [4.78, 5) is 14.5. The van der Waals surface area contributed by atoms with E-state index in [9.17, 15) is 9.90 Å². The molecule has 0 aliphatic carbocycles. The third-order valence-electron chi connectivity index (χ3n) is 1.92. The average Bonchev–Trinajstić information content (AvgIpc) is 2.71. The molecular formula is C9H8N4O3. The molecule has 5 N–H and O–H groups in total. The number of aromatic hydroxyl groups is 1. The number of hydrogen-bond acceptors (Lipinski definition) is 6. The number of primary amides is 1. The number of aromatic nitrogens is 2. The Balaban J connectivity index is 2.42. The molecule has 2 rings (SSSR count). The number of hydrogen-bond donors (Lipinski definition) is 3. The molecule has 0 radical (unpaired) electrons. The minimum absolute atomic E-state index is 0.0871. The van der Waals surface area contributed by atoms with E-state index in [4.69, 9.17) is 16.0 Å². The molecule has 1 aromatic heterocycles. The van der Waals surface area contributed by atoms with Gasteiger partial charge in [-0.05, 0) is 18.2 Å². The third kappa shape index (κ3) is 1.65. The molecular weight excluding hydrogens is 212 g/mol. The molecule has 7 nitrogen and oxygen atoms in total. The van der Waals surface area contributed by atoms with Gasteiger partial charge >= 0.3 is 0 Å². The van der Waals surface area contributed by atoms with Crippen molar-refractivity contribution in [3.63, 3.8) is 0 Å². The highest BCUT2D eigenvalue weighted by molar-refractivity contribution is 5.89. The van der Waals surface area contributed by atoms with Crippen LogP contribution in [0.1, 0.15) is 10.6 Å². The summed E-state index contributed by atoms with van der Waals surface area (Å²) in [6.07, 6.45) is 0. The first kappa shape index (κ1) is 9.97. The van der Waals surface area contributed by atoms with Crippen LogP contribution in [-0.2, 0) is 0 Å². The van der Waals surface area contributed by atoms with E-state index in [0.29, 0.717) is 5.56 Å². The van der Waals surface area contributed by atoms with Crippen molar-refractivity contribution in [3.05, 3.63) is 24.0 Å². The highest BCUT2D eigenvalue weighted by Gasteiger charge is 2.13. The van der Waals surface area contributed by atoms with Crippen molar-refractivity contribution in [2.24, 2.45) is 5.73 Å². The second-order valence-corrected chi connectivity index (χ2v) is 3.06. The lowest BCUT2D eigenvalue weighted by Gasteiger charge is -1.99. The van der Waals surface area contributed by atoms with Crippen LogP contribution in [0.5, 0.6) is 5.75 Å². The van der Waals surface area contributed by atoms with E-state index in [1.165, 1.54) is 12.1 Å². The highest BCUT2D eigenvalue weighted by Crippen LogP contribution is 2.26. The topological polar surface area (TPSA) is 128 Å². The molecule has 1 aromatic carbocycles. The summed E-state index contributed by atoms with van der Waals surface area (Å²) < 4.78 is 4.79. The first-order valence-corrected chi connectivity index (χ1v) is 4.30. The Hall–Kier alpha value is -2.57. The van der Waals surface area contributed by atoms with Crippen molar-refractivity contribution in [1.82, 2.24) is 10.1 Å². The Morgan fingerprint density at radius 1 is 1.44 bits per heavy atom. The number of phenolic OH excluding ortho intramolecular Hbond substituents is 1. The normalized spacial score (nSPS) is 10.2. The fourth-order valence-corrected chi connectivity index (χ4v) is 1.12. The molecule has 82 valence electrons. The van der Waals surface area contributed by atoms with Gasteiger partial charge in [-0.25, -0.2) is 0 Å². The van der Waals surface area contributed by atoms with Crippen LogP contribution < -0.4 is 11.5 Å². The van der Waals surface area contributed by atoms with Gasteiger partial charge in [0.1, 0.15) is 5.75 Å². The Morgan fingerprint density at radius 3 is 2.75 bits per heavy atom. The molecule has 0 unspecified atom stereocenters. The summed E-state index contributed by atoms with van der Waals surface area (Å²) in [6, 6.07) is 4.42. The standard InChI is InChI=1S/C9H8N4O3/c10-5-2-1-4(3-6(5)14)9-12-8(7(11)15)13-16-9/h1-3,14H,10H2,(H2,11,15). The molecule has 0 spiro atoms. The number of carbonyl (C=O) groups excluding carboxylic acids is 1. The van der Waals surface area contributed by atoms with Crippen LogP contribution in [0.3, 0.4) is 0 Å². The summed E-state index contributed by atoms with van der Waals surface area (Å²) in [7, 11) is 0. The van der Waals surface area contributed by atoms with Crippen molar-refractivity contribution in [2.75, 3.05) is 5.73 Å². The van der Waals surface area contributed by atoms with Crippen molar-refractivity contribution in [3.8, 4) is 17.2 Å². The number of carbonyl (C=O) groups is 1. The van der Waals surface area contributed by atoms with Gasteiger partial charge in [0.05, 0.1) is 5.69 Å². The lowest BCUT2D eigenvalue weighted by molar-refractivity contribution is 0.0987. The summed E-state index contributed by atoms with van der Waals surface area (Å²) in [6.45, 7) is 0. The number of benzene rings is 1. The second kappa shape index (κ2) is 3.54. The quantitative estimate of drug-likeness (QED) is 0.487. The van der Waals surface area contributed by atoms with Crippen LogP contribution in [0.15, 0.2) is 22.7 Å². The van der Waals surface area contributed by atoms with E-state index < -0.39 is 5.91 Å². The number of rotatable bonds is 2. The van der Waals surface area contributed by atoms with Gasteiger partial charge < -0.3 is 21.1 Å². The maximum absolute atomic E-state index is 10.7. The molecule has 1 amide bonds. The van der Waals surface area contributed by atoms with Crippen LogP contribution in [0.4, 0.5) is 5.69 Å². The van der Waals surface area contributed by atoms with Crippen LogP contribution >= 0.6 is 0 Å². The van der Waals surface area contributed by atoms with E-state index >= 15 is 0 Å². The van der Waals surface area contributed by atoms with E-state index in [2.05, 4.69) is 10.1 Å². The lowest BCUT2D eigenvalue weighted by Crippen LogP contribution is -2.12. The smallest absolute Gasteiger partial charge is 0.290 e. The average molecular weight is 220 g/mol. The van der Waals surface area contributed by atoms with E-state index in [-0.39, 0.29) is 23.2 Å². The van der Waals surface area contributed by atoms with Gasteiger partial charge in [-0.1, -0.05) is 5.16 Å². The zero-order valence-corrected chi connectivity index (χ0v) is 8.04. The molecule has 0 saturated carbocycles. The van der Waals surface area contributed by atoms with Gasteiger partial charge in [-0.3, -0.25) is 4.79 Å². The van der Waals surface area contributed by atoms with Gasteiger partial charge in [-0.2, -0.15) is 4.98 Å². The largest absolute Gasteiger partial charge is 0.506 e. The van der Waals surface area contributed by atoms with Crippen molar-refractivity contribution in [2.45, 2.75) is 0 Å². The fraction of sp³-hybridized carbons (Fsp3) is 0. The number of anilines is 1. The Kier molecular flexibility index (Phi) is 2.20. The zero-order valence-electron chi connectivity index (χ0n) is 8.04. The molecule has 7 heteroatoms. The maximum Gasteiger partial charge on any atom is 0.290 e. The second-order valence-electron chi connectivity index (χ2n) is 3.06. The summed E-state index contributed by atoms with van der Waals surface area (Å²) in [5.74, 6) is -1.01. The SMILES string of the molecule is NC(=O)c1noc(-c2ccc(N)c(O)c2)n1. The maximum atomic E-state index is 10.7. The van der Waals surface area contributed by atoms with Crippen molar-refractivity contribution < 1.29 is 14.4 Å². The number of phenols is 1. The van der Waals surface area contributed by atoms with E-state index in [0.717, 1.165) is 0 Å². The van der Waals surface area contributed by atoms with E-state index in [1.54, 1.807) is 6.07 Å². The molecule has 1 heterocycles. The van der Waals surface area contributed by atoms with Gasteiger partial charge in [0.2, 0.25) is 0 Å². The molecule has 0 aliphatic heterocycles. The fourth-order valence-electron chi connectivity index (χ4n) is 1.12. The summed E-state index contributed by atoms with van der Waals surface area (Å²) in [5, 5.41) is 12.7. The Labute approximate surface area is 89.7 Å². The molecule has 0 bridgehead atoms. The van der Waals surface area contributed by atoms with Crippen molar-refractivity contribution >= 4 is 11.6 Å². The first-order chi connectivity index (χ1) is 7.58. The minimum Gasteiger partial charge on any atom is -0.506 e. The number of nitrogens with two attached hydrogens (primary N) is 2. The van der Waals surface area contributed by atoms with Gasteiger partial charge in [-0.15, -0.1) is 0 Å². The number of nitrogens with zero attached hydrogens (tertiary/aromatic N) is 2. The van der Waals surface area contributed by atoms with Crippen LogP contribution in [0, 0.1) is 0 Å². The van der Waals surface area contributed by atoms with Gasteiger partial charge in [0.25, 0.3) is 17.6 Å². The zero-order chi connectivity index (χ0) is 11.7. The van der Waals surface area contributed by atoms with Crippen LogP contribution in [-0.4, -0.2) is 21.2 Å². The summed E-state index contributed by atoms with van der Waals surface area (Å²) >= 11 is 0. The molecule has 16 heavy (non-hydrogen) atoms. The third-order valence-corrected chi connectivity index (χ3v) is 1.92. The minimum atomic E-state index is -0.783. The number of amides is 1. The number of nitrogen functional groups attached to an aromatic ring is 1. The molecule has 2 aromatic rings. The van der Waals surface area contributed by atoms with Gasteiger partial charge in [0.15, 0.2) is 0 Å². The monoisotopic (exact) mass is 220 g/mol. The summed E-state index contributed by atoms with van der Waals surface area (Å²) in [5.41, 5.74) is 11.1. The highest BCUT2D eigenvalue weighted by atomic mass is 16.5. The van der Waals surface area contributed by atoms with E-state index in [1.807, 2.05) is 0 Å². The predicted octanol–water partition coefficient (Wildman–Crippen LogP) is 0.123. The van der Waals surface area contributed by atoms with Gasteiger partial charge in [0, 0.05) is 5.56 Å². The Bertz CT molecular complexity index is 549. The molecule has 0 saturated heterocycles. The molecule has 0 fully saturated rings. The Morgan fingerprint density at radius 2 is 2.19 bits per heavy atom. The van der Waals surface area contributed by atoms with Crippen LogP contribution in [0.25, 0.3) is 11.5 Å². The predicted molar refractivity (Wildman–Crippen MR) is 54.3 cm³/mol.